The largest absolute Gasteiger partial charge is 0.318 e. The van der Waals surface area contributed by atoms with Gasteiger partial charge in [0.25, 0.3) is 5.91 Å². The first-order valence-corrected chi connectivity index (χ1v) is 12.0. The zero-order valence-corrected chi connectivity index (χ0v) is 20.8. The monoisotopic (exact) mass is 487 g/mol. The SMILES string of the molecule is Cc1ccc(C)c(-n2c(C)cc(C=C3C(=N)N4N=C(c5ccccc5Cl)SC4=NC3=O)c2C)c1. The maximum Gasteiger partial charge on any atom is 0.283 e. The Morgan fingerprint density at radius 3 is 2.59 bits per heavy atom. The van der Waals surface area contributed by atoms with Crippen molar-refractivity contribution in [2.75, 3.05) is 0 Å². The molecule has 0 aliphatic carbocycles. The molecule has 0 saturated carbocycles. The molecule has 170 valence electrons. The van der Waals surface area contributed by atoms with Crippen LogP contribution in [0.4, 0.5) is 0 Å². The first-order valence-electron chi connectivity index (χ1n) is 10.8. The van der Waals surface area contributed by atoms with Crippen LogP contribution in [0.5, 0.6) is 0 Å². The average molecular weight is 488 g/mol. The normalized spacial score (nSPS) is 16.7. The smallest absolute Gasteiger partial charge is 0.283 e. The number of nitrogens with one attached hydrogen (secondary N) is 1. The summed E-state index contributed by atoms with van der Waals surface area (Å²) in [7, 11) is 0. The van der Waals surface area contributed by atoms with Crippen molar-refractivity contribution in [1.82, 2.24) is 9.58 Å². The number of hydrogen-bond donors (Lipinski definition) is 1. The van der Waals surface area contributed by atoms with Crippen molar-refractivity contribution in [1.29, 1.82) is 5.41 Å². The van der Waals surface area contributed by atoms with Gasteiger partial charge in [-0.3, -0.25) is 10.2 Å². The number of amides is 1. The quantitative estimate of drug-likeness (QED) is 0.458. The number of thioether (sulfide) groups is 1. The van der Waals surface area contributed by atoms with Gasteiger partial charge in [0.1, 0.15) is 5.04 Å². The van der Waals surface area contributed by atoms with Gasteiger partial charge in [-0.05, 0) is 80.4 Å². The molecule has 2 aliphatic heterocycles. The van der Waals surface area contributed by atoms with Crippen LogP contribution < -0.4 is 0 Å². The summed E-state index contributed by atoms with van der Waals surface area (Å²) in [5, 5.41) is 16.2. The first kappa shape index (κ1) is 22.4. The van der Waals surface area contributed by atoms with Gasteiger partial charge in [0.15, 0.2) is 5.84 Å². The number of hydrogen-bond acceptors (Lipinski definition) is 4. The van der Waals surface area contributed by atoms with Crippen LogP contribution in [0, 0.1) is 33.1 Å². The van der Waals surface area contributed by atoms with Gasteiger partial charge in [0, 0.05) is 22.6 Å². The number of amidine groups is 2. The highest BCUT2D eigenvalue weighted by molar-refractivity contribution is 8.27. The molecular weight excluding hydrogens is 466 g/mol. The van der Waals surface area contributed by atoms with Gasteiger partial charge in [-0.2, -0.15) is 15.1 Å². The van der Waals surface area contributed by atoms with Gasteiger partial charge in [0.05, 0.1) is 10.6 Å². The molecule has 0 unspecified atom stereocenters. The van der Waals surface area contributed by atoms with E-state index >= 15 is 0 Å². The van der Waals surface area contributed by atoms with Crippen molar-refractivity contribution >= 4 is 51.4 Å². The molecule has 0 bridgehead atoms. The minimum absolute atomic E-state index is 0.00101. The molecule has 0 radical (unpaired) electrons. The lowest BCUT2D eigenvalue weighted by Crippen LogP contribution is -2.35. The number of rotatable bonds is 3. The lowest BCUT2D eigenvalue weighted by atomic mass is 10.1. The Bertz CT molecular complexity index is 1480. The van der Waals surface area contributed by atoms with Crippen molar-refractivity contribution in [2.24, 2.45) is 10.1 Å². The Kier molecular flexibility index (Phi) is 5.54. The van der Waals surface area contributed by atoms with Crippen LogP contribution in [-0.4, -0.2) is 31.5 Å². The summed E-state index contributed by atoms with van der Waals surface area (Å²) in [6.45, 7) is 8.22. The number of carbonyl (C=O) groups is 1. The van der Waals surface area contributed by atoms with Crippen LogP contribution in [-0.2, 0) is 4.79 Å². The molecule has 8 heteroatoms. The van der Waals surface area contributed by atoms with Gasteiger partial charge in [-0.1, -0.05) is 41.9 Å². The van der Waals surface area contributed by atoms with E-state index in [0.717, 1.165) is 33.8 Å². The summed E-state index contributed by atoms with van der Waals surface area (Å²) < 4.78 is 2.18. The molecule has 1 amide bonds. The average Bonchev–Trinajstić information content (AvgIpc) is 3.33. The Morgan fingerprint density at radius 2 is 1.82 bits per heavy atom. The topological polar surface area (TPSA) is 73.8 Å². The van der Waals surface area contributed by atoms with E-state index in [4.69, 9.17) is 17.0 Å². The molecule has 2 aliphatic rings. The summed E-state index contributed by atoms with van der Waals surface area (Å²) in [5.74, 6) is -0.447. The summed E-state index contributed by atoms with van der Waals surface area (Å²) in [6.07, 6.45) is 1.74. The fourth-order valence-electron chi connectivity index (χ4n) is 4.16. The van der Waals surface area contributed by atoms with E-state index in [1.54, 1.807) is 12.1 Å². The number of aryl methyl sites for hydroxylation is 3. The molecule has 34 heavy (non-hydrogen) atoms. The highest BCUT2D eigenvalue weighted by atomic mass is 35.5. The van der Waals surface area contributed by atoms with Crippen LogP contribution in [0.1, 0.15) is 33.6 Å². The van der Waals surface area contributed by atoms with Gasteiger partial charge >= 0.3 is 0 Å². The number of aromatic nitrogens is 1. The fraction of sp³-hybridized carbons (Fsp3) is 0.154. The third-order valence-electron chi connectivity index (χ3n) is 5.93. The van der Waals surface area contributed by atoms with Crippen LogP contribution >= 0.6 is 23.4 Å². The number of halogens is 1. The van der Waals surface area contributed by atoms with Crippen molar-refractivity contribution in [2.45, 2.75) is 27.7 Å². The van der Waals surface area contributed by atoms with E-state index in [9.17, 15) is 4.79 Å². The summed E-state index contributed by atoms with van der Waals surface area (Å²) >= 11 is 7.56. The van der Waals surface area contributed by atoms with Crippen molar-refractivity contribution in [3.05, 3.63) is 92.8 Å². The number of nitrogens with zero attached hydrogens (tertiary/aromatic N) is 4. The lowest BCUT2D eigenvalue weighted by Gasteiger charge is -2.20. The Balaban J connectivity index is 1.54. The zero-order chi connectivity index (χ0) is 24.1. The highest BCUT2D eigenvalue weighted by Crippen LogP contribution is 2.34. The molecule has 2 aromatic carbocycles. The summed E-state index contributed by atoms with van der Waals surface area (Å²) in [4.78, 5) is 17.1. The van der Waals surface area contributed by atoms with Crippen molar-refractivity contribution < 1.29 is 4.79 Å². The number of benzene rings is 2. The molecule has 0 spiro atoms. The third kappa shape index (κ3) is 3.71. The minimum Gasteiger partial charge on any atom is -0.318 e. The van der Waals surface area contributed by atoms with E-state index in [0.29, 0.717) is 15.2 Å². The maximum absolute atomic E-state index is 12.9. The van der Waals surface area contributed by atoms with Gasteiger partial charge in [-0.25, -0.2) is 0 Å². The van der Waals surface area contributed by atoms with E-state index < -0.39 is 5.91 Å². The van der Waals surface area contributed by atoms with Gasteiger partial charge < -0.3 is 4.57 Å². The number of fused-ring (bicyclic) bond motifs is 1. The molecule has 5 rings (SSSR count). The second-order valence-electron chi connectivity index (χ2n) is 8.36. The number of hydrazone groups is 1. The standard InChI is InChI=1S/C26H22ClN5OS/c1-14-9-10-15(2)22(11-14)31-16(3)12-18(17(31)4)13-20-23(28)32-26(29-24(20)33)34-25(30-32)19-7-5-6-8-21(19)27/h5-13,28H,1-4H3. The predicted molar refractivity (Wildman–Crippen MR) is 140 cm³/mol. The highest BCUT2D eigenvalue weighted by Gasteiger charge is 2.36. The second kappa shape index (κ2) is 8.42. The number of aliphatic imine (C=N–C) groups is 1. The molecule has 0 saturated heterocycles. The first-order chi connectivity index (χ1) is 16.2. The second-order valence-corrected chi connectivity index (χ2v) is 9.72. The predicted octanol–water partition coefficient (Wildman–Crippen LogP) is 6.03. The Labute approximate surface area is 207 Å². The molecule has 3 heterocycles. The molecule has 3 aromatic rings. The number of carbonyl (C=O) groups excluding carboxylic acids is 1. The fourth-order valence-corrected chi connectivity index (χ4v) is 5.37. The molecular formula is C26H22ClN5OS. The van der Waals surface area contributed by atoms with E-state index in [1.807, 2.05) is 38.1 Å². The van der Waals surface area contributed by atoms with Crippen molar-refractivity contribution in [3.8, 4) is 5.69 Å². The van der Waals surface area contributed by atoms with Crippen LogP contribution in [0.2, 0.25) is 5.02 Å². The van der Waals surface area contributed by atoms with E-state index in [2.05, 4.69) is 46.7 Å². The van der Waals surface area contributed by atoms with Crippen molar-refractivity contribution in [3.63, 3.8) is 0 Å². The Hall–Kier alpha value is -3.42. The summed E-state index contributed by atoms with van der Waals surface area (Å²) in [5.41, 5.74) is 7.31. The van der Waals surface area contributed by atoms with Crippen LogP contribution in [0.25, 0.3) is 11.8 Å². The zero-order valence-electron chi connectivity index (χ0n) is 19.2. The minimum atomic E-state index is -0.448. The van der Waals surface area contributed by atoms with E-state index in [-0.39, 0.29) is 11.4 Å². The molecule has 0 atom stereocenters. The maximum atomic E-state index is 12.9. The van der Waals surface area contributed by atoms with E-state index in [1.165, 1.54) is 22.3 Å². The third-order valence-corrected chi connectivity index (χ3v) is 7.21. The van der Waals surface area contributed by atoms with Crippen LogP contribution in [0.15, 0.2) is 64.2 Å². The van der Waals surface area contributed by atoms with Gasteiger partial charge in [-0.15, -0.1) is 0 Å². The molecule has 1 aromatic heterocycles. The molecule has 0 fully saturated rings. The Morgan fingerprint density at radius 1 is 1.06 bits per heavy atom. The molecule has 1 N–H and O–H groups in total. The lowest BCUT2D eigenvalue weighted by molar-refractivity contribution is -0.114. The molecule has 6 nitrogen and oxygen atoms in total. The van der Waals surface area contributed by atoms with Gasteiger partial charge in [0.2, 0.25) is 5.17 Å². The van der Waals surface area contributed by atoms with Crippen LogP contribution in [0.3, 0.4) is 0 Å². The summed E-state index contributed by atoms with van der Waals surface area (Å²) in [6, 6.07) is 15.7.